The third-order valence-corrected chi connectivity index (χ3v) is 3.70. The van der Waals surface area contributed by atoms with Gasteiger partial charge in [0.05, 0.1) is 29.7 Å². The van der Waals surface area contributed by atoms with E-state index in [1.54, 1.807) is 0 Å². The van der Waals surface area contributed by atoms with Crippen molar-refractivity contribution < 1.29 is 9.15 Å². The van der Waals surface area contributed by atoms with E-state index in [4.69, 9.17) is 20.8 Å². The van der Waals surface area contributed by atoms with Crippen LogP contribution in [0.2, 0.25) is 0 Å². The number of alkyl halides is 1. The van der Waals surface area contributed by atoms with Crippen LogP contribution in [0, 0.1) is 6.92 Å². The molecule has 3 atom stereocenters. The summed E-state index contributed by atoms with van der Waals surface area (Å²) >= 11 is 5.77. The van der Waals surface area contributed by atoms with Gasteiger partial charge in [-0.3, -0.25) is 0 Å². The molecule has 0 spiro atoms. The minimum atomic E-state index is 0.330. The molecule has 0 radical (unpaired) electrons. The first-order chi connectivity index (χ1) is 7.28. The van der Waals surface area contributed by atoms with E-state index in [0.29, 0.717) is 24.0 Å². The van der Waals surface area contributed by atoms with Crippen molar-refractivity contribution in [3.05, 3.63) is 17.3 Å². The summed E-state index contributed by atoms with van der Waals surface area (Å²) in [7, 11) is 0. The largest absolute Gasteiger partial charge is 0.444 e. The highest BCUT2D eigenvalue weighted by atomic mass is 35.5. The van der Waals surface area contributed by atoms with Gasteiger partial charge < -0.3 is 9.15 Å². The molecule has 4 heteroatoms. The Morgan fingerprint density at radius 1 is 1.47 bits per heavy atom. The molecule has 2 fully saturated rings. The molecule has 3 nitrogen and oxygen atoms in total. The maximum Gasteiger partial charge on any atom is 0.200 e. The Labute approximate surface area is 93.8 Å². The van der Waals surface area contributed by atoms with Gasteiger partial charge in [-0.15, -0.1) is 11.6 Å². The normalized spacial score (nSPS) is 33.9. The van der Waals surface area contributed by atoms with Crippen LogP contribution in [-0.2, 0) is 10.6 Å². The molecule has 0 saturated carbocycles. The molecule has 82 valence electrons. The second-order valence-electron chi connectivity index (χ2n) is 4.41. The van der Waals surface area contributed by atoms with Gasteiger partial charge in [-0.1, -0.05) is 0 Å². The molecule has 0 amide bonds. The van der Waals surface area contributed by atoms with Crippen LogP contribution >= 0.6 is 11.6 Å². The molecule has 2 aliphatic rings. The number of hydrogen-bond acceptors (Lipinski definition) is 3. The molecule has 3 rings (SSSR count). The minimum Gasteiger partial charge on any atom is -0.444 e. The third-order valence-electron chi connectivity index (χ3n) is 3.45. The maximum absolute atomic E-state index is 5.79. The molecule has 3 unspecified atom stereocenters. The zero-order chi connectivity index (χ0) is 10.4. The molecule has 1 aromatic heterocycles. The summed E-state index contributed by atoms with van der Waals surface area (Å²) in [6.07, 6.45) is 4.17. The number of ether oxygens (including phenoxy) is 1. The highest BCUT2D eigenvalue weighted by Crippen LogP contribution is 2.44. The van der Waals surface area contributed by atoms with Gasteiger partial charge in [0, 0.05) is 0 Å². The van der Waals surface area contributed by atoms with Crippen LogP contribution in [0.1, 0.15) is 42.5 Å². The number of oxazole rings is 1. The SMILES string of the molecule is Cc1nc(C2CC3CCC2O3)oc1CCl. The minimum absolute atomic E-state index is 0.330. The number of nitrogens with zero attached hydrogens (tertiary/aromatic N) is 1. The Morgan fingerprint density at radius 3 is 2.87 bits per heavy atom. The summed E-state index contributed by atoms with van der Waals surface area (Å²) in [5.41, 5.74) is 0.919. The zero-order valence-corrected chi connectivity index (χ0v) is 9.46. The first kappa shape index (κ1) is 9.67. The van der Waals surface area contributed by atoms with Gasteiger partial charge in [-0.25, -0.2) is 4.98 Å². The number of hydrogen-bond donors (Lipinski definition) is 0. The van der Waals surface area contributed by atoms with E-state index < -0.39 is 0 Å². The summed E-state index contributed by atoms with van der Waals surface area (Å²) in [5.74, 6) is 2.39. The Kier molecular flexibility index (Phi) is 2.25. The lowest BCUT2D eigenvalue weighted by molar-refractivity contribution is 0.0980. The summed E-state index contributed by atoms with van der Waals surface area (Å²) in [6, 6.07) is 0. The highest BCUT2D eigenvalue weighted by Gasteiger charge is 2.43. The Morgan fingerprint density at radius 2 is 2.33 bits per heavy atom. The third kappa shape index (κ3) is 1.49. The first-order valence-corrected chi connectivity index (χ1v) is 5.99. The van der Waals surface area contributed by atoms with Crippen LogP contribution in [0.15, 0.2) is 4.42 Å². The van der Waals surface area contributed by atoms with E-state index in [2.05, 4.69) is 4.98 Å². The average Bonchev–Trinajstić information content (AvgIpc) is 2.90. The van der Waals surface area contributed by atoms with Gasteiger partial charge in [0.15, 0.2) is 0 Å². The molecule has 2 saturated heterocycles. The second kappa shape index (κ2) is 3.49. The molecule has 0 aromatic carbocycles. The molecule has 0 N–H and O–H groups in total. The van der Waals surface area contributed by atoms with Crippen molar-refractivity contribution in [3.63, 3.8) is 0 Å². The van der Waals surface area contributed by atoms with E-state index in [1.807, 2.05) is 6.92 Å². The maximum atomic E-state index is 5.79. The van der Waals surface area contributed by atoms with E-state index in [0.717, 1.165) is 30.2 Å². The van der Waals surface area contributed by atoms with E-state index in [9.17, 15) is 0 Å². The van der Waals surface area contributed by atoms with Crippen LogP contribution in [-0.4, -0.2) is 17.2 Å². The Balaban J connectivity index is 1.87. The topological polar surface area (TPSA) is 35.3 Å². The number of rotatable bonds is 2. The van der Waals surface area contributed by atoms with E-state index in [-0.39, 0.29) is 0 Å². The van der Waals surface area contributed by atoms with Crippen molar-refractivity contribution in [1.29, 1.82) is 0 Å². The number of halogens is 1. The fourth-order valence-electron chi connectivity index (χ4n) is 2.63. The van der Waals surface area contributed by atoms with Crippen molar-refractivity contribution >= 4 is 11.6 Å². The van der Waals surface area contributed by atoms with E-state index in [1.165, 1.54) is 6.42 Å². The predicted molar refractivity (Wildman–Crippen MR) is 56.1 cm³/mol. The summed E-state index contributed by atoms with van der Waals surface area (Å²) in [6.45, 7) is 1.94. The van der Waals surface area contributed by atoms with Crippen molar-refractivity contribution in [3.8, 4) is 0 Å². The smallest absolute Gasteiger partial charge is 0.200 e. The van der Waals surface area contributed by atoms with Crippen molar-refractivity contribution in [1.82, 2.24) is 4.98 Å². The standard InChI is InChI=1S/C11H14ClNO2/c1-6-10(5-12)15-11(13-6)8-4-7-2-3-9(8)14-7/h7-9H,2-5H2,1H3. The van der Waals surface area contributed by atoms with E-state index >= 15 is 0 Å². The lowest BCUT2D eigenvalue weighted by Gasteiger charge is -2.14. The predicted octanol–water partition coefficient (Wildman–Crippen LogP) is 2.76. The second-order valence-corrected chi connectivity index (χ2v) is 4.68. The van der Waals surface area contributed by atoms with Crippen LogP contribution < -0.4 is 0 Å². The summed E-state index contributed by atoms with van der Waals surface area (Å²) < 4.78 is 11.5. The summed E-state index contributed by atoms with van der Waals surface area (Å²) in [5, 5.41) is 0. The number of aryl methyl sites for hydroxylation is 1. The lowest BCUT2D eigenvalue weighted by atomic mass is 9.89. The fourth-order valence-corrected chi connectivity index (χ4v) is 2.88. The van der Waals surface area contributed by atoms with Gasteiger partial charge in [-0.05, 0) is 26.2 Å². The van der Waals surface area contributed by atoms with Crippen molar-refractivity contribution in [2.75, 3.05) is 0 Å². The van der Waals surface area contributed by atoms with Gasteiger partial charge in [0.25, 0.3) is 0 Å². The monoisotopic (exact) mass is 227 g/mol. The molecule has 1 aromatic rings. The fraction of sp³-hybridized carbons (Fsp3) is 0.727. The van der Waals surface area contributed by atoms with Crippen LogP contribution in [0.5, 0.6) is 0 Å². The highest BCUT2D eigenvalue weighted by molar-refractivity contribution is 6.16. The van der Waals surface area contributed by atoms with Crippen LogP contribution in [0.25, 0.3) is 0 Å². The van der Waals surface area contributed by atoms with Crippen molar-refractivity contribution in [2.45, 2.75) is 50.2 Å². The van der Waals surface area contributed by atoms with Crippen LogP contribution in [0.4, 0.5) is 0 Å². The molecule has 15 heavy (non-hydrogen) atoms. The van der Waals surface area contributed by atoms with Gasteiger partial charge in [0.1, 0.15) is 5.76 Å². The molecular formula is C11H14ClNO2. The van der Waals surface area contributed by atoms with Gasteiger partial charge in [-0.2, -0.15) is 0 Å². The Bertz CT molecular complexity index is 377. The first-order valence-electron chi connectivity index (χ1n) is 5.45. The molecule has 3 heterocycles. The van der Waals surface area contributed by atoms with Crippen molar-refractivity contribution in [2.24, 2.45) is 0 Å². The number of aromatic nitrogens is 1. The average molecular weight is 228 g/mol. The molecule has 0 aliphatic carbocycles. The lowest BCUT2D eigenvalue weighted by Crippen LogP contribution is -2.14. The molecule has 2 bridgehead atoms. The van der Waals surface area contributed by atoms with Gasteiger partial charge in [0.2, 0.25) is 5.89 Å². The quantitative estimate of drug-likeness (QED) is 0.729. The molecular weight excluding hydrogens is 214 g/mol. The molecule has 2 aliphatic heterocycles. The Hall–Kier alpha value is -0.540. The van der Waals surface area contributed by atoms with Crippen LogP contribution in [0.3, 0.4) is 0 Å². The number of fused-ring (bicyclic) bond motifs is 2. The van der Waals surface area contributed by atoms with Gasteiger partial charge >= 0.3 is 0 Å². The zero-order valence-electron chi connectivity index (χ0n) is 8.70. The summed E-state index contributed by atoms with van der Waals surface area (Å²) in [4.78, 5) is 4.45.